The van der Waals surface area contributed by atoms with Gasteiger partial charge >= 0.3 is 0 Å². The quantitative estimate of drug-likeness (QED) is 0.556. The monoisotopic (exact) mass is 339 g/mol. The number of phenols is 1. The molecule has 0 heterocycles. The standard InChI is InChI=1S/C18H12ClN2O3/c19-15-9-11(5-8-17(15)23)18(24)21-20-10-12-6-7-16(22)14-4-2-1-3-13(12)14/h1-10,23H,(H,21,24)/b20-10+. The molecule has 0 atom stereocenters. The molecule has 5 nitrogen and oxygen atoms in total. The highest BCUT2D eigenvalue weighted by Gasteiger charge is 2.08. The zero-order valence-corrected chi connectivity index (χ0v) is 13.1. The first-order chi connectivity index (χ1) is 11.6. The van der Waals surface area contributed by atoms with Crippen LogP contribution in [0.15, 0.2) is 59.7 Å². The van der Waals surface area contributed by atoms with E-state index in [0.29, 0.717) is 10.9 Å². The Morgan fingerprint density at radius 3 is 2.58 bits per heavy atom. The van der Waals surface area contributed by atoms with Gasteiger partial charge in [-0.25, -0.2) is 5.43 Å². The van der Waals surface area contributed by atoms with E-state index in [-0.39, 0.29) is 22.1 Å². The van der Waals surface area contributed by atoms with Gasteiger partial charge in [-0.1, -0.05) is 35.9 Å². The molecule has 3 aromatic carbocycles. The summed E-state index contributed by atoms with van der Waals surface area (Å²) >= 11 is 5.77. The van der Waals surface area contributed by atoms with Crippen LogP contribution in [-0.2, 0) is 5.11 Å². The average molecular weight is 340 g/mol. The molecule has 6 heteroatoms. The maximum absolute atomic E-state index is 12.0. The number of carbonyl (C=O) groups is 1. The zero-order chi connectivity index (χ0) is 17.1. The van der Waals surface area contributed by atoms with Crippen molar-refractivity contribution in [3.63, 3.8) is 0 Å². The summed E-state index contributed by atoms with van der Waals surface area (Å²) in [6, 6.07) is 14.4. The van der Waals surface area contributed by atoms with Gasteiger partial charge in [0.05, 0.1) is 11.2 Å². The van der Waals surface area contributed by atoms with E-state index in [2.05, 4.69) is 10.5 Å². The Labute approximate surface area is 142 Å². The predicted octanol–water partition coefficient (Wildman–Crippen LogP) is 4.11. The van der Waals surface area contributed by atoms with E-state index in [9.17, 15) is 15.0 Å². The summed E-state index contributed by atoms with van der Waals surface area (Å²) < 4.78 is 0. The molecule has 0 aliphatic heterocycles. The summed E-state index contributed by atoms with van der Waals surface area (Å²) in [6.45, 7) is 0. The van der Waals surface area contributed by atoms with Crippen molar-refractivity contribution in [3.05, 3.63) is 70.7 Å². The third kappa shape index (κ3) is 3.16. The van der Waals surface area contributed by atoms with E-state index in [0.717, 1.165) is 5.39 Å². The smallest absolute Gasteiger partial charge is 0.271 e. The van der Waals surface area contributed by atoms with Crippen LogP contribution in [0.25, 0.3) is 10.8 Å². The van der Waals surface area contributed by atoms with Gasteiger partial charge in [0.2, 0.25) is 0 Å². The normalized spacial score (nSPS) is 11.0. The van der Waals surface area contributed by atoms with E-state index in [1.54, 1.807) is 18.2 Å². The van der Waals surface area contributed by atoms with Crippen molar-refractivity contribution in [1.29, 1.82) is 0 Å². The van der Waals surface area contributed by atoms with Crippen LogP contribution in [0, 0.1) is 0 Å². The van der Waals surface area contributed by atoms with Gasteiger partial charge in [-0.2, -0.15) is 5.10 Å². The van der Waals surface area contributed by atoms with E-state index in [1.807, 2.05) is 12.1 Å². The number of aromatic hydroxyl groups is 1. The van der Waals surface area contributed by atoms with Gasteiger partial charge in [0.25, 0.3) is 5.91 Å². The van der Waals surface area contributed by atoms with Gasteiger partial charge < -0.3 is 5.11 Å². The molecule has 1 radical (unpaired) electrons. The summed E-state index contributed by atoms with van der Waals surface area (Å²) in [4.78, 5) is 12.0. The van der Waals surface area contributed by atoms with Gasteiger partial charge in [0.1, 0.15) is 5.75 Å². The fourth-order valence-corrected chi connectivity index (χ4v) is 2.46. The number of fused-ring (bicyclic) bond motifs is 1. The number of amides is 1. The van der Waals surface area contributed by atoms with Crippen LogP contribution < -0.4 is 5.43 Å². The van der Waals surface area contributed by atoms with Crippen molar-refractivity contribution < 1.29 is 15.0 Å². The summed E-state index contributed by atoms with van der Waals surface area (Å²) in [7, 11) is 0. The Bertz CT molecular complexity index is 954. The third-order valence-corrected chi connectivity index (χ3v) is 3.80. The Kier molecular flexibility index (Phi) is 4.35. The van der Waals surface area contributed by atoms with Crippen LogP contribution in [0.4, 0.5) is 0 Å². The Balaban J connectivity index is 1.80. The SMILES string of the molecule is [O]c1ccc(/C=N/NC(=O)c2ccc(O)c(Cl)c2)c2ccccc12. The Hall–Kier alpha value is -3.05. The number of carbonyl (C=O) groups excluding carboxylic acids is 1. The second-order valence-electron chi connectivity index (χ2n) is 5.06. The molecule has 0 aromatic heterocycles. The second-order valence-corrected chi connectivity index (χ2v) is 5.47. The molecule has 0 saturated carbocycles. The first-order valence-corrected chi connectivity index (χ1v) is 7.45. The molecule has 2 N–H and O–H groups in total. The number of rotatable bonds is 3. The third-order valence-electron chi connectivity index (χ3n) is 3.50. The number of hydrazone groups is 1. The number of hydrogen-bond acceptors (Lipinski definition) is 3. The molecule has 0 aliphatic rings. The van der Waals surface area contributed by atoms with Crippen molar-refractivity contribution in [2.75, 3.05) is 0 Å². The van der Waals surface area contributed by atoms with Crippen LogP contribution in [0.2, 0.25) is 5.02 Å². The molecule has 0 unspecified atom stereocenters. The van der Waals surface area contributed by atoms with Gasteiger partial charge in [-0.15, -0.1) is 0 Å². The number of nitrogens with one attached hydrogen (secondary N) is 1. The largest absolute Gasteiger partial charge is 0.506 e. The van der Waals surface area contributed by atoms with Crippen LogP contribution >= 0.6 is 11.6 Å². The van der Waals surface area contributed by atoms with E-state index < -0.39 is 5.91 Å². The van der Waals surface area contributed by atoms with E-state index in [4.69, 9.17) is 11.6 Å². The Morgan fingerprint density at radius 2 is 1.83 bits per heavy atom. The molecule has 24 heavy (non-hydrogen) atoms. The summed E-state index contributed by atoms with van der Waals surface area (Å²) in [6.07, 6.45) is 1.47. The molecule has 0 aliphatic carbocycles. The molecule has 0 bridgehead atoms. The van der Waals surface area contributed by atoms with E-state index in [1.165, 1.54) is 30.5 Å². The minimum atomic E-state index is -0.460. The maximum Gasteiger partial charge on any atom is 0.271 e. The molecular formula is C18H12ClN2O3. The molecule has 3 aromatic rings. The van der Waals surface area contributed by atoms with Gasteiger partial charge in [-0.05, 0) is 35.7 Å². The average Bonchev–Trinajstić information content (AvgIpc) is 2.59. The summed E-state index contributed by atoms with van der Waals surface area (Å²) in [5.41, 5.74) is 3.38. The molecule has 3 rings (SSSR count). The molecule has 0 fully saturated rings. The van der Waals surface area contributed by atoms with Crippen molar-refractivity contribution in [3.8, 4) is 11.5 Å². The number of benzene rings is 3. The lowest BCUT2D eigenvalue weighted by Gasteiger charge is -2.04. The number of phenolic OH excluding ortho intramolecular Hbond substituents is 1. The van der Waals surface area contributed by atoms with Crippen LogP contribution in [0.1, 0.15) is 15.9 Å². The molecular weight excluding hydrogens is 328 g/mol. The van der Waals surface area contributed by atoms with Crippen LogP contribution in [-0.4, -0.2) is 17.2 Å². The first-order valence-electron chi connectivity index (χ1n) is 7.07. The van der Waals surface area contributed by atoms with Crippen LogP contribution in [0.3, 0.4) is 0 Å². The maximum atomic E-state index is 12.0. The minimum Gasteiger partial charge on any atom is -0.506 e. The Morgan fingerprint density at radius 1 is 1.08 bits per heavy atom. The summed E-state index contributed by atoms with van der Waals surface area (Å²) in [5, 5.41) is 26.5. The fourth-order valence-electron chi connectivity index (χ4n) is 2.28. The highest BCUT2D eigenvalue weighted by molar-refractivity contribution is 6.32. The lowest BCUT2D eigenvalue weighted by molar-refractivity contribution is 0.0955. The van der Waals surface area contributed by atoms with Crippen molar-refractivity contribution in [2.24, 2.45) is 5.10 Å². The number of nitrogens with zero attached hydrogens (tertiary/aromatic N) is 1. The first kappa shape index (κ1) is 15.8. The minimum absolute atomic E-state index is 0.0643. The second kappa shape index (κ2) is 6.60. The van der Waals surface area contributed by atoms with Gasteiger partial charge in [0, 0.05) is 16.5 Å². The lowest BCUT2D eigenvalue weighted by atomic mass is 10.0. The zero-order valence-electron chi connectivity index (χ0n) is 12.4. The molecule has 119 valence electrons. The van der Waals surface area contributed by atoms with Gasteiger partial charge in [0.15, 0.2) is 5.75 Å². The number of hydrogen-bond donors (Lipinski definition) is 2. The lowest BCUT2D eigenvalue weighted by Crippen LogP contribution is -2.17. The predicted molar refractivity (Wildman–Crippen MR) is 92.3 cm³/mol. The van der Waals surface area contributed by atoms with E-state index >= 15 is 0 Å². The van der Waals surface area contributed by atoms with Crippen molar-refractivity contribution >= 4 is 34.5 Å². The fraction of sp³-hybridized carbons (Fsp3) is 0. The topological polar surface area (TPSA) is 81.6 Å². The van der Waals surface area contributed by atoms with Crippen molar-refractivity contribution in [2.45, 2.75) is 0 Å². The van der Waals surface area contributed by atoms with Crippen LogP contribution in [0.5, 0.6) is 11.5 Å². The molecule has 1 amide bonds. The molecule has 0 spiro atoms. The molecule has 0 saturated heterocycles. The highest BCUT2D eigenvalue weighted by Crippen LogP contribution is 2.27. The summed E-state index contributed by atoms with van der Waals surface area (Å²) in [5.74, 6) is -0.621. The number of halogens is 1. The highest BCUT2D eigenvalue weighted by atomic mass is 35.5. The van der Waals surface area contributed by atoms with Crippen molar-refractivity contribution in [1.82, 2.24) is 5.43 Å². The van der Waals surface area contributed by atoms with Gasteiger partial charge in [-0.3, -0.25) is 9.90 Å².